The Kier molecular flexibility index (Phi) is 5.78. The summed E-state index contributed by atoms with van der Waals surface area (Å²) >= 11 is 7.38. The monoisotopic (exact) mass is 417 g/mol. The third kappa shape index (κ3) is 4.45. The SMILES string of the molecule is O=C(NCCc1ccc(Cl)cc1)C1CCCN(c2nc3ccc(F)cc3s2)C1. The van der Waals surface area contributed by atoms with Crippen molar-refractivity contribution in [2.24, 2.45) is 5.92 Å². The van der Waals surface area contributed by atoms with E-state index in [1.165, 1.54) is 23.5 Å². The van der Waals surface area contributed by atoms with Crippen molar-refractivity contribution in [3.8, 4) is 0 Å². The fourth-order valence-electron chi connectivity index (χ4n) is 3.51. The van der Waals surface area contributed by atoms with Gasteiger partial charge in [0, 0.05) is 24.7 Å². The highest BCUT2D eigenvalue weighted by Gasteiger charge is 2.27. The van der Waals surface area contributed by atoms with Crippen molar-refractivity contribution in [2.45, 2.75) is 19.3 Å². The number of fused-ring (bicyclic) bond motifs is 1. The molecule has 0 aliphatic carbocycles. The standard InChI is InChI=1S/C21H21ClFN3OS/c22-16-5-3-14(4-6-16)9-10-24-20(27)15-2-1-11-26(13-15)21-25-18-8-7-17(23)12-19(18)28-21/h3-8,12,15H,1-2,9-11,13H2,(H,24,27). The number of aromatic nitrogens is 1. The first kappa shape index (κ1) is 19.2. The van der Waals surface area contributed by atoms with Crippen molar-refractivity contribution in [2.75, 3.05) is 24.5 Å². The van der Waals surface area contributed by atoms with Crippen molar-refractivity contribution < 1.29 is 9.18 Å². The Morgan fingerprint density at radius 1 is 1.29 bits per heavy atom. The zero-order valence-electron chi connectivity index (χ0n) is 15.3. The number of piperidine rings is 1. The average molecular weight is 418 g/mol. The minimum absolute atomic E-state index is 0.0530. The van der Waals surface area contributed by atoms with Crippen molar-refractivity contribution in [3.63, 3.8) is 0 Å². The number of halogens is 2. The van der Waals surface area contributed by atoms with Crippen LogP contribution in [0.4, 0.5) is 9.52 Å². The number of carbonyl (C=O) groups is 1. The minimum Gasteiger partial charge on any atom is -0.355 e. The highest BCUT2D eigenvalue weighted by Crippen LogP contribution is 2.32. The summed E-state index contributed by atoms with van der Waals surface area (Å²) in [5, 5.41) is 4.63. The van der Waals surface area contributed by atoms with Crippen LogP contribution in [0, 0.1) is 11.7 Å². The molecular formula is C21H21ClFN3OS. The molecule has 4 nitrogen and oxygen atoms in total. The number of amides is 1. The van der Waals surface area contributed by atoms with Gasteiger partial charge in [0.2, 0.25) is 5.91 Å². The van der Waals surface area contributed by atoms with Gasteiger partial charge in [0.1, 0.15) is 5.82 Å². The van der Waals surface area contributed by atoms with E-state index < -0.39 is 0 Å². The van der Waals surface area contributed by atoms with E-state index in [4.69, 9.17) is 11.6 Å². The number of hydrogen-bond donors (Lipinski definition) is 1. The molecule has 2 heterocycles. The number of anilines is 1. The number of rotatable bonds is 5. The zero-order valence-corrected chi connectivity index (χ0v) is 16.9. The summed E-state index contributed by atoms with van der Waals surface area (Å²) in [6, 6.07) is 12.3. The Balaban J connectivity index is 1.34. The molecule has 2 aromatic carbocycles. The lowest BCUT2D eigenvalue weighted by molar-refractivity contribution is -0.125. The number of thiazole rings is 1. The molecule has 0 spiro atoms. The van der Waals surface area contributed by atoms with Gasteiger partial charge in [-0.25, -0.2) is 9.37 Å². The molecule has 1 unspecified atom stereocenters. The lowest BCUT2D eigenvalue weighted by atomic mass is 9.97. The normalized spacial score (nSPS) is 17.1. The molecule has 0 radical (unpaired) electrons. The summed E-state index contributed by atoms with van der Waals surface area (Å²) < 4.78 is 14.3. The maximum atomic E-state index is 13.4. The number of hydrogen-bond acceptors (Lipinski definition) is 4. The molecule has 0 saturated carbocycles. The molecule has 1 amide bonds. The van der Waals surface area contributed by atoms with Crippen LogP contribution >= 0.6 is 22.9 Å². The predicted octanol–water partition coefficient (Wildman–Crippen LogP) is 4.66. The maximum Gasteiger partial charge on any atom is 0.224 e. The van der Waals surface area contributed by atoms with Crippen LogP contribution in [-0.4, -0.2) is 30.5 Å². The molecule has 1 aromatic heterocycles. The summed E-state index contributed by atoms with van der Waals surface area (Å²) in [6.07, 6.45) is 2.60. The van der Waals surface area contributed by atoms with E-state index in [1.54, 1.807) is 6.07 Å². The molecule has 1 saturated heterocycles. The van der Waals surface area contributed by atoms with Crippen LogP contribution in [0.5, 0.6) is 0 Å². The molecule has 28 heavy (non-hydrogen) atoms. The second-order valence-electron chi connectivity index (χ2n) is 7.06. The Bertz CT molecular complexity index is 975. The molecule has 3 aromatic rings. The van der Waals surface area contributed by atoms with Gasteiger partial charge in [-0.2, -0.15) is 0 Å². The molecule has 1 atom stereocenters. The Labute approximate surface area is 172 Å². The third-order valence-electron chi connectivity index (χ3n) is 5.03. The number of nitrogens with zero attached hydrogens (tertiary/aromatic N) is 2. The molecule has 146 valence electrons. The van der Waals surface area contributed by atoms with Crippen LogP contribution in [0.3, 0.4) is 0 Å². The molecule has 1 N–H and O–H groups in total. The second-order valence-corrected chi connectivity index (χ2v) is 8.51. The summed E-state index contributed by atoms with van der Waals surface area (Å²) in [6.45, 7) is 2.13. The molecule has 7 heteroatoms. The van der Waals surface area contributed by atoms with E-state index in [-0.39, 0.29) is 17.6 Å². The first-order valence-corrected chi connectivity index (χ1v) is 10.6. The zero-order chi connectivity index (χ0) is 19.5. The van der Waals surface area contributed by atoms with Crippen molar-refractivity contribution >= 4 is 44.2 Å². The van der Waals surface area contributed by atoms with Crippen LogP contribution in [0.25, 0.3) is 10.2 Å². The van der Waals surface area contributed by atoms with E-state index in [1.807, 2.05) is 24.3 Å². The fraction of sp³-hybridized carbons (Fsp3) is 0.333. The summed E-state index contributed by atoms with van der Waals surface area (Å²) in [7, 11) is 0. The molecule has 1 fully saturated rings. The van der Waals surface area contributed by atoms with Gasteiger partial charge in [-0.05, 0) is 55.2 Å². The van der Waals surface area contributed by atoms with Crippen molar-refractivity contribution in [1.82, 2.24) is 10.3 Å². The molecule has 1 aliphatic heterocycles. The van der Waals surface area contributed by atoms with Gasteiger partial charge in [-0.15, -0.1) is 0 Å². The van der Waals surface area contributed by atoms with E-state index in [9.17, 15) is 9.18 Å². The van der Waals surface area contributed by atoms with Gasteiger partial charge in [0.15, 0.2) is 5.13 Å². The Morgan fingerprint density at radius 2 is 2.11 bits per heavy atom. The average Bonchev–Trinajstić information content (AvgIpc) is 3.13. The third-order valence-corrected chi connectivity index (χ3v) is 6.36. The highest BCUT2D eigenvalue weighted by molar-refractivity contribution is 7.22. The topological polar surface area (TPSA) is 45.2 Å². The van der Waals surface area contributed by atoms with E-state index in [0.29, 0.717) is 18.1 Å². The van der Waals surface area contributed by atoms with Gasteiger partial charge in [-0.3, -0.25) is 4.79 Å². The smallest absolute Gasteiger partial charge is 0.224 e. The number of carbonyl (C=O) groups excluding carboxylic acids is 1. The van der Waals surface area contributed by atoms with E-state index >= 15 is 0 Å². The molecular weight excluding hydrogens is 397 g/mol. The lowest BCUT2D eigenvalue weighted by Crippen LogP contribution is -2.43. The van der Waals surface area contributed by atoms with Crippen LogP contribution in [0.15, 0.2) is 42.5 Å². The van der Waals surface area contributed by atoms with Crippen molar-refractivity contribution in [1.29, 1.82) is 0 Å². The van der Waals surface area contributed by atoms with Crippen LogP contribution in [0.1, 0.15) is 18.4 Å². The largest absolute Gasteiger partial charge is 0.355 e. The van der Waals surface area contributed by atoms with Crippen LogP contribution in [0.2, 0.25) is 5.02 Å². The first-order valence-electron chi connectivity index (χ1n) is 9.42. The number of nitrogens with one attached hydrogen (secondary N) is 1. The Hall–Kier alpha value is -2.18. The predicted molar refractivity (Wildman–Crippen MR) is 113 cm³/mol. The van der Waals surface area contributed by atoms with Crippen molar-refractivity contribution in [3.05, 3.63) is 58.9 Å². The second kappa shape index (κ2) is 8.45. The molecule has 0 bridgehead atoms. The minimum atomic E-state index is -0.251. The van der Waals surface area contributed by atoms with Gasteiger partial charge in [0.25, 0.3) is 0 Å². The fourth-order valence-corrected chi connectivity index (χ4v) is 4.66. The summed E-state index contributed by atoms with van der Waals surface area (Å²) in [5.41, 5.74) is 1.95. The van der Waals surface area contributed by atoms with Crippen LogP contribution < -0.4 is 10.2 Å². The first-order chi connectivity index (χ1) is 13.6. The quantitative estimate of drug-likeness (QED) is 0.656. The van der Waals surface area contributed by atoms with Gasteiger partial charge < -0.3 is 10.2 Å². The Morgan fingerprint density at radius 3 is 2.93 bits per heavy atom. The summed E-state index contributed by atoms with van der Waals surface area (Å²) in [5.74, 6) is -0.215. The lowest BCUT2D eigenvalue weighted by Gasteiger charge is -2.31. The van der Waals surface area contributed by atoms with E-state index in [0.717, 1.165) is 46.7 Å². The molecule has 4 rings (SSSR count). The highest BCUT2D eigenvalue weighted by atomic mass is 35.5. The van der Waals surface area contributed by atoms with Crippen LogP contribution in [-0.2, 0) is 11.2 Å². The number of benzene rings is 2. The summed E-state index contributed by atoms with van der Waals surface area (Å²) in [4.78, 5) is 19.4. The molecule has 1 aliphatic rings. The van der Waals surface area contributed by atoms with E-state index in [2.05, 4.69) is 15.2 Å². The van der Waals surface area contributed by atoms with Gasteiger partial charge in [-0.1, -0.05) is 35.1 Å². The van der Waals surface area contributed by atoms with Gasteiger partial charge in [0.05, 0.1) is 16.1 Å². The van der Waals surface area contributed by atoms with Gasteiger partial charge >= 0.3 is 0 Å². The maximum absolute atomic E-state index is 13.4.